The number of aliphatic hydroxyl groups is 1. The minimum Gasteiger partial charge on any atom is -0.390 e. The molecule has 0 aliphatic carbocycles. The van der Waals surface area contributed by atoms with Crippen molar-refractivity contribution in [3.05, 3.63) is 0 Å². The predicted octanol–water partition coefficient (Wildman–Crippen LogP) is 1.09. The maximum absolute atomic E-state index is 12.2. The molecule has 4 nitrogen and oxygen atoms in total. The monoisotopic (exact) mass is 254 g/mol. The Morgan fingerprint density at radius 1 is 1.22 bits per heavy atom. The van der Waals surface area contributed by atoms with Gasteiger partial charge in [-0.2, -0.15) is 0 Å². The van der Waals surface area contributed by atoms with Crippen molar-refractivity contribution in [3.8, 4) is 0 Å². The molecule has 2 rings (SSSR count). The number of carbonyl (C=O) groups is 1. The van der Waals surface area contributed by atoms with Crippen LogP contribution >= 0.6 is 0 Å². The fraction of sp³-hybridized carbons (Fsp3) is 0.929. The van der Waals surface area contributed by atoms with Gasteiger partial charge in [-0.05, 0) is 38.5 Å². The molecule has 0 saturated carbocycles. The highest BCUT2D eigenvalue weighted by atomic mass is 16.3. The molecule has 0 atom stereocenters. The molecular weight excluding hydrogens is 228 g/mol. The van der Waals surface area contributed by atoms with Crippen molar-refractivity contribution >= 4 is 5.91 Å². The lowest BCUT2D eigenvalue weighted by molar-refractivity contribution is -0.134. The van der Waals surface area contributed by atoms with Crippen LogP contribution in [0.4, 0.5) is 0 Å². The number of amides is 1. The van der Waals surface area contributed by atoms with E-state index >= 15 is 0 Å². The second-order valence-electron chi connectivity index (χ2n) is 6.34. The van der Waals surface area contributed by atoms with E-state index in [9.17, 15) is 9.90 Å². The highest BCUT2D eigenvalue weighted by Gasteiger charge is 2.29. The SMILES string of the molecule is CC1CCN(C(=O)CN2CCC(C)(O)CC2)CC1. The zero-order valence-electron chi connectivity index (χ0n) is 11.7. The Balaban J connectivity index is 1.75. The summed E-state index contributed by atoms with van der Waals surface area (Å²) in [6.07, 6.45) is 3.83. The quantitative estimate of drug-likeness (QED) is 0.802. The molecule has 0 radical (unpaired) electrons. The van der Waals surface area contributed by atoms with E-state index in [1.807, 2.05) is 11.8 Å². The third kappa shape index (κ3) is 3.69. The first-order valence-corrected chi connectivity index (χ1v) is 7.19. The molecule has 104 valence electrons. The lowest BCUT2D eigenvalue weighted by Crippen LogP contribution is -2.48. The number of hydrogen-bond donors (Lipinski definition) is 1. The Labute approximate surface area is 110 Å². The van der Waals surface area contributed by atoms with Crippen molar-refractivity contribution in [1.29, 1.82) is 0 Å². The van der Waals surface area contributed by atoms with Crippen molar-refractivity contribution in [2.75, 3.05) is 32.7 Å². The van der Waals surface area contributed by atoms with E-state index in [1.54, 1.807) is 0 Å². The number of rotatable bonds is 2. The first kappa shape index (κ1) is 13.8. The third-order valence-electron chi connectivity index (χ3n) is 4.43. The van der Waals surface area contributed by atoms with Crippen LogP contribution in [0, 0.1) is 5.92 Å². The highest BCUT2D eigenvalue weighted by Crippen LogP contribution is 2.21. The van der Waals surface area contributed by atoms with Crippen LogP contribution < -0.4 is 0 Å². The standard InChI is InChI=1S/C14H26N2O2/c1-12-3-7-16(8-4-12)13(17)11-15-9-5-14(2,18)6-10-15/h12,18H,3-11H2,1-2H3. The van der Waals surface area contributed by atoms with Crippen molar-refractivity contribution < 1.29 is 9.90 Å². The molecule has 1 N–H and O–H groups in total. The lowest BCUT2D eigenvalue weighted by Gasteiger charge is -2.37. The molecular formula is C14H26N2O2. The van der Waals surface area contributed by atoms with E-state index in [0.29, 0.717) is 6.54 Å². The van der Waals surface area contributed by atoms with Crippen LogP contribution in [0.3, 0.4) is 0 Å². The first-order valence-electron chi connectivity index (χ1n) is 7.19. The Morgan fingerprint density at radius 3 is 2.33 bits per heavy atom. The molecule has 4 heteroatoms. The Morgan fingerprint density at radius 2 is 1.78 bits per heavy atom. The summed E-state index contributed by atoms with van der Waals surface area (Å²) in [5.41, 5.74) is -0.528. The molecule has 0 spiro atoms. The number of likely N-dealkylation sites (tertiary alicyclic amines) is 2. The number of hydrogen-bond acceptors (Lipinski definition) is 3. The Bertz CT molecular complexity index is 286. The van der Waals surface area contributed by atoms with Crippen molar-refractivity contribution in [1.82, 2.24) is 9.80 Å². The molecule has 2 fully saturated rings. The van der Waals surface area contributed by atoms with E-state index in [2.05, 4.69) is 11.8 Å². The van der Waals surface area contributed by atoms with Crippen LogP contribution in [-0.4, -0.2) is 59.1 Å². The average Bonchev–Trinajstić information content (AvgIpc) is 2.33. The summed E-state index contributed by atoms with van der Waals surface area (Å²) in [6.45, 7) is 8.19. The van der Waals surface area contributed by atoms with Gasteiger partial charge in [-0.25, -0.2) is 0 Å². The molecule has 0 unspecified atom stereocenters. The van der Waals surface area contributed by atoms with Crippen molar-refractivity contribution in [3.63, 3.8) is 0 Å². The van der Waals surface area contributed by atoms with E-state index in [4.69, 9.17) is 0 Å². The average molecular weight is 254 g/mol. The molecule has 0 bridgehead atoms. The first-order chi connectivity index (χ1) is 8.46. The topological polar surface area (TPSA) is 43.8 Å². The molecule has 2 aliphatic rings. The molecule has 0 aromatic carbocycles. The summed E-state index contributed by atoms with van der Waals surface area (Å²) in [7, 11) is 0. The lowest BCUT2D eigenvalue weighted by atomic mass is 9.94. The molecule has 0 aromatic rings. The van der Waals surface area contributed by atoms with Crippen LogP contribution in [0.15, 0.2) is 0 Å². The van der Waals surface area contributed by atoms with Crippen molar-refractivity contribution in [2.45, 2.75) is 45.1 Å². The summed E-state index contributed by atoms with van der Waals surface area (Å²) in [4.78, 5) is 16.3. The van der Waals surface area contributed by atoms with Gasteiger partial charge < -0.3 is 10.0 Å². The zero-order valence-corrected chi connectivity index (χ0v) is 11.7. The minimum atomic E-state index is -0.528. The molecule has 0 aromatic heterocycles. The molecule has 1 amide bonds. The van der Waals surface area contributed by atoms with Gasteiger partial charge >= 0.3 is 0 Å². The fourth-order valence-electron chi connectivity index (χ4n) is 2.74. The summed E-state index contributed by atoms with van der Waals surface area (Å²) >= 11 is 0. The van der Waals surface area contributed by atoms with Crippen LogP contribution in [0.1, 0.15) is 39.5 Å². The van der Waals surface area contributed by atoms with Gasteiger partial charge in [-0.15, -0.1) is 0 Å². The summed E-state index contributed by atoms with van der Waals surface area (Å²) in [5, 5.41) is 9.88. The smallest absolute Gasteiger partial charge is 0.236 e. The summed E-state index contributed by atoms with van der Waals surface area (Å²) in [5.74, 6) is 1.03. The third-order valence-corrected chi connectivity index (χ3v) is 4.43. The summed E-state index contributed by atoms with van der Waals surface area (Å²) in [6, 6.07) is 0. The van der Waals surface area contributed by atoms with Gasteiger partial charge in [0, 0.05) is 26.2 Å². The van der Waals surface area contributed by atoms with Gasteiger partial charge in [0.2, 0.25) is 5.91 Å². The number of nitrogens with zero attached hydrogens (tertiary/aromatic N) is 2. The summed E-state index contributed by atoms with van der Waals surface area (Å²) < 4.78 is 0. The second-order valence-corrected chi connectivity index (χ2v) is 6.34. The van der Waals surface area contributed by atoms with Gasteiger partial charge in [0.05, 0.1) is 12.1 Å². The van der Waals surface area contributed by atoms with Gasteiger partial charge in [-0.3, -0.25) is 9.69 Å². The number of carbonyl (C=O) groups excluding carboxylic acids is 1. The predicted molar refractivity (Wildman–Crippen MR) is 71.3 cm³/mol. The molecule has 2 saturated heterocycles. The van der Waals surface area contributed by atoms with Gasteiger partial charge in [0.1, 0.15) is 0 Å². The number of piperidine rings is 2. The second kappa shape index (κ2) is 5.57. The normalized spacial score (nSPS) is 26.3. The van der Waals surface area contributed by atoms with Gasteiger partial charge in [-0.1, -0.05) is 6.92 Å². The maximum Gasteiger partial charge on any atom is 0.236 e. The Kier molecular flexibility index (Phi) is 4.28. The van der Waals surface area contributed by atoms with E-state index in [-0.39, 0.29) is 5.91 Å². The molecule has 2 aliphatic heterocycles. The highest BCUT2D eigenvalue weighted by molar-refractivity contribution is 5.78. The van der Waals surface area contributed by atoms with Crippen LogP contribution in [0.2, 0.25) is 0 Å². The van der Waals surface area contributed by atoms with Crippen molar-refractivity contribution in [2.24, 2.45) is 5.92 Å². The van der Waals surface area contributed by atoms with E-state index in [0.717, 1.165) is 57.8 Å². The van der Waals surface area contributed by atoms with Crippen LogP contribution in [0.5, 0.6) is 0 Å². The Hall–Kier alpha value is -0.610. The van der Waals surface area contributed by atoms with E-state index < -0.39 is 5.60 Å². The van der Waals surface area contributed by atoms with Gasteiger partial charge in [0.15, 0.2) is 0 Å². The molecule has 18 heavy (non-hydrogen) atoms. The fourth-order valence-corrected chi connectivity index (χ4v) is 2.74. The largest absolute Gasteiger partial charge is 0.390 e. The molecule has 2 heterocycles. The van der Waals surface area contributed by atoms with Crippen LogP contribution in [-0.2, 0) is 4.79 Å². The maximum atomic E-state index is 12.2. The minimum absolute atomic E-state index is 0.267. The zero-order chi connectivity index (χ0) is 13.2. The van der Waals surface area contributed by atoms with Gasteiger partial charge in [0.25, 0.3) is 0 Å². The van der Waals surface area contributed by atoms with Crippen LogP contribution in [0.25, 0.3) is 0 Å². The van der Waals surface area contributed by atoms with E-state index in [1.165, 1.54) is 0 Å².